The molecule has 2 aromatic rings. The van der Waals surface area contributed by atoms with Crippen molar-refractivity contribution >= 4 is 11.9 Å². The average Bonchev–Trinajstić information content (AvgIpc) is 3.07. The Balaban J connectivity index is 1.65. The number of para-hydroxylation sites is 2. The Kier molecular flexibility index (Phi) is 6.37. The van der Waals surface area contributed by atoms with Crippen LogP contribution in [0.15, 0.2) is 48.5 Å². The van der Waals surface area contributed by atoms with Crippen molar-refractivity contribution < 1.29 is 28.9 Å². The number of carboxylic acid groups (broad SMARTS) is 1. The molecule has 0 spiro atoms. The Morgan fingerprint density at radius 3 is 2.54 bits per heavy atom. The summed E-state index contributed by atoms with van der Waals surface area (Å²) in [4.78, 5) is 24.9. The molecule has 1 amide bonds. The molecule has 2 aromatic carbocycles. The molecule has 0 radical (unpaired) electrons. The van der Waals surface area contributed by atoms with Crippen LogP contribution in [0, 0.1) is 5.92 Å². The van der Waals surface area contributed by atoms with Gasteiger partial charge in [0.2, 0.25) is 5.91 Å². The number of carbonyl (C=O) groups is 2. The number of carbonyl (C=O) groups excluding carboxylic acids is 1. The summed E-state index contributed by atoms with van der Waals surface area (Å²) in [6.07, 6.45) is 0.0282. The van der Waals surface area contributed by atoms with Gasteiger partial charge in [0.15, 0.2) is 11.5 Å². The number of likely N-dealkylation sites (tertiary alicyclic amines) is 1. The molecule has 3 rings (SSSR count). The maximum absolute atomic E-state index is 12.1. The van der Waals surface area contributed by atoms with Gasteiger partial charge in [-0.25, -0.2) is 0 Å². The molecule has 1 unspecified atom stereocenters. The lowest BCUT2D eigenvalue weighted by Crippen LogP contribution is -2.26. The molecule has 28 heavy (non-hydrogen) atoms. The highest BCUT2D eigenvalue weighted by atomic mass is 16.5. The second-order valence-corrected chi connectivity index (χ2v) is 6.47. The van der Waals surface area contributed by atoms with Gasteiger partial charge in [-0.05, 0) is 18.2 Å². The van der Waals surface area contributed by atoms with E-state index in [0.717, 1.165) is 11.3 Å². The smallest absolute Gasteiger partial charge is 0.308 e. The molecule has 0 aliphatic carbocycles. The number of methoxy groups -OCH3 is 1. The van der Waals surface area contributed by atoms with E-state index in [9.17, 15) is 9.59 Å². The van der Waals surface area contributed by atoms with Crippen LogP contribution < -0.4 is 14.2 Å². The largest absolute Gasteiger partial charge is 0.493 e. The van der Waals surface area contributed by atoms with Crippen LogP contribution in [0.5, 0.6) is 17.2 Å². The monoisotopic (exact) mass is 385 g/mol. The molecule has 0 saturated carbocycles. The molecule has 1 aliphatic rings. The molecule has 1 heterocycles. The topological polar surface area (TPSA) is 85.3 Å². The summed E-state index contributed by atoms with van der Waals surface area (Å²) in [7, 11) is 1.55. The van der Waals surface area contributed by atoms with Crippen molar-refractivity contribution in [3.05, 3.63) is 54.1 Å². The number of ether oxygens (including phenoxy) is 3. The molecular formula is C21H23NO6. The molecule has 7 nitrogen and oxygen atoms in total. The van der Waals surface area contributed by atoms with Crippen molar-refractivity contribution in [2.45, 2.75) is 13.0 Å². The van der Waals surface area contributed by atoms with Crippen LogP contribution in [-0.2, 0) is 16.1 Å². The van der Waals surface area contributed by atoms with Crippen molar-refractivity contribution in [2.75, 3.05) is 26.9 Å². The lowest BCUT2D eigenvalue weighted by atomic mass is 10.1. The highest BCUT2D eigenvalue weighted by Crippen LogP contribution is 2.33. The minimum absolute atomic E-state index is 0.0282. The minimum atomic E-state index is -0.948. The fourth-order valence-electron chi connectivity index (χ4n) is 3.13. The van der Waals surface area contributed by atoms with Crippen LogP contribution in [0.4, 0.5) is 0 Å². The minimum Gasteiger partial charge on any atom is -0.493 e. The van der Waals surface area contributed by atoms with Gasteiger partial charge in [0.05, 0.1) is 13.0 Å². The number of rotatable bonds is 9. The summed E-state index contributed by atoms with van der Waals surface area (Å²) < 4.78 is 16.9. The van der Waals surface area contributed by atoms with E-state index in [0.29, 0.717) is 24.7 Å². The van der Waals surface area contributed by atoms with E-state index in [-0.39, 0.29) is 25.4 Å². The SMILES string of the molecule is COc1cccc(CN2CC(C(=O)O)CC2=O)c1OCCOc1ccccc1. The van der Waals surface area contributed by atoms with Gasteiger partial charge in [-0.2, -0.15) is 0 Å². The van der Waals surface area contributed by atoms with Crippen molar-refractivity contribution in [1.82, 2.24) is 4.90 Å². The molecule has 1 N–H and O–H groups in total. The predicted octanol–water partition coefficient (Wildman–Crippen LogP) is 2.59. The van der Waals surface area contributed by atoms with Crippen molar-refractivity contribution in [2.24, 2.45) is 5.92 Å². The fraction of sp³-hybridized carbons (Fsp3) is 0.333. The summed E-state index contributed by atoms with van der Waals surface area (Å²) in [6, 6.07) is 14.9. The van der Waals surface area contributed by atoms with E-state index in [4.69, 9.17) is 19.3 Å². The van der Waals surface area contributed by atoms with Crippen molar-refractivity contribution in [1.29, 1.82) is 0 Å². The zero-order chi connectivity index (χ0) is 19.9. The van der Waals surface area contributed by atoms with Gasteiger partial charge >= 0.3 is 5.97 Å². The first-order chi connectivity index (χ1) is 13.6. The number of hydrogen-bond donors (Lipinski definition) is 1. The standard InChI is InChI=1S/C21H23NO6/c1-26-18-9-5-6-15(13-22-14-16(21(24)25)12-19(22)23)20(18)28-11-10-27-17-7-3-2-4-8-17/h2-9,16H,10-14H2,1H3,(H,24,25). The highest BCUT2D eigenvalue weighted by molar-refractivity contribution is 5.86. The van der Waals surface area contributed by atoms with Gasteiger partial charge in [0, 0.05) is 25.1 Å². The Hall–Kier alpha value is -3.22. The first-order valence-electron chi connectivity index (χ1n) is 9.05. The molecule has 148 valence electrons. The Bertz CT molecular complexity index is 823. The van der Waals surface area contributed by atoms with Gasteiger partial charge in [0.1, 0.15) is 19.0 Å². The maximum atomic E-state index is 12.1. The van der Waals surface area contributed by atoms with Crippen LogP contribution in [0.3, 0.4) is 0 Å². The normalized spacial score (nSPS) is 16.1. The summed E-state index contributed by atoms with van der Waals surface area (Å²) in [6.45, 7) is 1.12. The van der Waals surface area contributed by atoms with E-state index < -0.39 is 11.9 Å². The van der Waals surface area contributed by atoms with Gasteiger partial charge in [-0.15, -0.1) is 0 Å². The second kappa shape index (κ2) is 9.12. The predicted molar refractivity (Wildman–Crippen MR) is 102 cm³/mol. The third kappa shape index (κ3) is 4.73. The summed E-state index contributed by atoms with van der Waals surface area (Å²) in [5.74, 6) is 0.0620. The quantitative estimate of drug-likeness (QED) is 0.668. The number of benzene rings is 2. The number of carboxylic acids is 1. The molecule has 1 fully saturated rings. The van der Waals surface area contributed by atoms with Crippen LogP contribution in [0.25, 0.3) is 0 Å². The maximum Gasteiger partial charge on any atom is 0.308 e. The first-order valence-corrected chi connectivity index (χ1v) is 9.05. The van der Waals surface area contributed by atoms with E-state index in [2.05, 4.69) is 0 Å². The molecule has 1 atom stereocenters. The molecule has 0 aromatic heterocycles. The van der Waals surface area contributed by atoms with Crippen molar-refractivity contribution in [3.63, 3.8) is 0 Å². The van der Waals surface area contributed by atoms with Gasteiger partial charge < -0.3 is 24.2 Å². The Labute approximate surface area is 163 Å². The van der Waals surface area contributed by atoms with Crippen LogP contribution in [-0.4, -0.2) is 48.8 Å². The van der Waals surface area contributed by atoms with E-state index in [1.807, 2.05) is 42.5 Å². The lowest BCUT2D eigenvalue weighted by molar-refractivity contribution is -0.141. The Morgan fingerprint density at radius 2 is 1.86 bits per heavy atom. The molecule has 0 bridgehead atoms. The zero-order valence-electron chi connectivity index (χ0n) is 15.7. The first kappa shape index (κ1) is 19.5. The number of aliphatic carboxylic acids is 1. The number of amides is 1. The molecule has 1 saturated heterocycles. The van der Waals surface area contributed by atoms with Crippen LogP contribution >= 0.6 is 0 Å². The zero-order valence-corrected chi connectivity index (χ0v) is 15.7. The van der Waals surface area contributed by atoms with Crippen molar-refractivity contribution in [3.8, 4) is 17.2 Å². The number of nitrogens with zero attached hydrogens (tertiary/aromatic N) is 1. The summed E-state index contributed by atoms with van der Waals surface area (Å²) in [5.41, 5.74) is 0.762. The lowest BCUT2D eigenvalue weighted by Gasteiger charge is -2.20. The van der Waals surface area contributed by atoms with Crippen LogP contribution in [0.2, 0.25) is 0 Å². The molecule has 7 heteroatoms. The second-order valence-electron chi connectivity index (χ2n) is 6.47. The van der Waals surface area contributed by atoms with E-state index >= 15 is 0 Å². The third-order valence-electron chi connectivity index (χ3n) is 4.55. The summed E-state index contributed by atoms with van der Waals surface area (Å²) in [5, 5.41) is 9.15. The third-order valence-corrected chi connectivity index (χ3v) is 4.55. The Morgan fingerprint density at radius 1 is 1.11 bits per heavy atom. The highest BCUT2D eigenvalue weighted by Gasteiger charge is 2.34. The number of hydrogen-bond acceptors (Lipinski definition) is 5. The molecule has 1 aliphatic heterocycles. The van der Waals surface area contributed by atoms with E-state index in [1.165, 1.54) is 0 Å². The van der Waals surface area contributed by atoms with Gasteiger partial charge in [-0.3, -0.25) is 9.59 Å². The van der Waals surface area contributed by atoms with Gasteiger partial charge in [0.25, 0.3) is 0 Å². The fourth-order valence-corrected chi connectivity index (χ4v) is 3.13. The summed E-state index contributed by atoms with van der Waals surface area (Å²) >= 11 is 0. The van der Waals surface area contributed by atoms with E-state index in [1.54, 1.807) is 18.1 Å². The van der Waals surface area contributed by atoms with Crippen LogP contribution in [0.1, 0.15) is 12.0 Å². The van der Waals surface area contributed by atoms with Gasteiger partial charge in [-0.1, -0.05) is 30.3 Å². The average molecular weight is 385 g/mol. The molecular weight excluding hydrogens is 362 g/mol.